The van der Waals surface area contributed by atoms with E-state index in [1.54, 1.807) is 4.90 Å². The van der Waals surface area contributed by atoms with Crippen molar-refractivity contribution in [2.45, 2.75) is 51.0 Å². The van der Waals surface area contributed by atoms with Crippen LogP contribution in [0, 0.1) is 11.3 Å². The zero-order chi connectivity index (χ0) is 16.6. The number of carbonyl (C=O) groups excluding carboxylic acids is 2. The smallest absolute Gasteiger partial charge is 0.242 e. The molecular formula is C20H26N2O2. The molecule has 1 heterocycles. The topological polar surface area (TPSA) is 49.4 Å². The monoisotopic (exact) mass is 326 g/mol. The second-order valence-corrected chi connectivity index (χ2v) is 7.76. The summed E-state index contributed by atoms with van der Waals surface area (Å²) in [5.74, 6) is 0.972. The number of amides is 2. The summed E-state index contributed by atoms with van der Waals surface area (Å²) < 4.78 is 0. The predicted octanol–water partition coefficient (Wildman–Crippen LogP) is 2.53. The number of nitrogens with zero attached hydrogens (tertiary/aromatic N) is 1. The standard InChI is InChI=1S/C20H26N2O2/c23-18(13-15-5-2-1-3-6-15)22-12-4-7-17(22)19(24)21-14-20(10-11-20)16-8-9-16/h1-3,5-6,16-17H,4,7-14H2,(H,21,24). The number of hydrogen-bond donors (Lipinski definition) is 1. The molecule has 4 nitrogen and oxygen atoms in total. The SMILES string of the molecule is O=C(NCC1(C2CC2)CC1)C1CCCN1C(=O)Cc1ccccc1. The average molecular weight is 326 g/mol. The quantitative estimate of drug-likeness (QED) is 0.873. The Hall–Kier alpha value is -1.84. The molecule has 1 aromatic carbocycles. The lowest BCUT2D eigenvalue weighted by Crippen LogP contribution is -2.47. The van der Waals surface area contributed by atoms with Crippen molar-refractivity contribution >= 4 is 11.8 Å². The van der Waals surface area contributed by atoms with Crippen LogP contribution in [-0.2, 0) is 16.0 Å². The molecule has 1 atom stereocenters. The molecule has 3 aliphatic rings. The van der Waals surface area contributed by atoms with Gasteiger partial charge >= 0.3 is 0 Å². The van der Waals surface area contributed by atoms with E-state index in [4.69, 9.17) is 0 Å². The summed E-state index contributed by atoms with van der Waals surface area (Å²) in [6, 6.07) is 9.52. The Balaban J connectivity index is 1.33. The molecule has 128 valence electrons. The molecule has 2 saturated carbocycles. The highest BCUT2D eigenvalue weighted by Crippen LogP contribution is 2.60. The third-order valence-electron chi connectivity index (χ3n) is 6.02. The van der Waals surface area contributed by atoms with E-state index in [9.17, 15) is 9.59 Å². The molecule has 1 unspecified atom stereocenters. The van der Waals surface area contributed by atoms with Crippen LogP contribution >= 0.6 is 0 Å². The summed E-state index contributed by atoms with van der Waals surface area (Å²) in [6.45, 7) is 1.52. The molecule has 1 N–H and O–H groups in total. The van der Waals surface area contributed by atoms with Crippen molar-refractivity contribution < 1.29 is 9.59 Å². The second-order valence-electron chi connectivity index (χ2n) is 7.76. The van der Waals surface area contributed by atoms with Crippen molar-refractivity contribution in [1.29, 1.82) is 0 Å². The van der Waals surface area contributed by atoms with Crippen LogP contribution < -0.4 is 5.32 Å². The molecule has 0 aromatic heterocycles. The highest BCUT2D eigenvalue weighted by Gasteiger charge is 2.53. The van der Waals surface area contributed by atoms with Gasteiger partial charge in [-0.3, -0.25) is 9.59 Å². The summed E-state index contributed by atoms with van der Waals surface area (Å²) in [5.41, 5.74) is 1.42. The van der Waals surface area contributed by atoms with Crippen LogP contribution in [0.25, 0.3) is 0 Å². The van der Waals surface area contributed by atoms with Crippen LogP contribution in [0.5, 0.6) is 0 Å². The first kappa shape index (κ1) is 15.7. The molecule has 1 saturated heterocycles. The van der Waals surface area contributed by atoms with E-state index in [0.29, 0.717) is 18.4 Å². The molecule has 0 spiro atoms. The van der Waals surface area contributed by atoms with Crippen LogP contribution in [-0.4, -0.2) is 35.8 Å². The number of rotatable bonds is 6. The lowest BCUT2D eigenvalue weighted by Gasteiger charge is -2.25. The summed E-state index contributed by atoms with van der Waals surface area (Å²) in [4.78, 5) is 27.0. The van der Waals surface area contributed by atoms with Gasteiger partial charge in [0.2, 0.25) is 11.8 Å². The van der Waals surface area contributed by atoms with Gasteiger partial charge in [-0.25, -0.2) is 0 Å². The molecule has 2 amide bonds. The van der Waals surface area contributed by atoms with Crippen molar-refractivity contribution in [2.75, 3.05) is 13.1 Å². The number of hydrogen-bond acceptors (Lipinski definition) is 2. The molecule has 4 heteroatoms. The van der Waals surface area contributed by atoms with Gasteiger partial charge in [0.15, 0.2) is 0 Å². The third kappa shape index (κ3) is 3.19. The Labute approximate surface area is 143 Å². The molecule has 3 fully saturated rings. The molecule has 2 aliphatic carbocycles. The van der Waals surface area contributed by atoms with Gasteiger partial charge in [0.05, 0.1) is 6.42 Å². The highest BCUT2D eigenvalue weighted by atomic mass is 16.2. The fraction of sp³-hybridized carbons (Fsp3) is 0.600. The number of carbonyl (C=O) groups is 2. The first-order valence-corrected chi connectivity index (χ1v) is 9.29. The van der Waals surface area contributed by atoms with Crippen molar-refractivity contribution in [3.63, 3.8) is 0 Å². The lowest BCUT2D eigenvalue weighted by molar-refractivity contribution is -0.138. The molecule has 24 heavy (non-hydrogen) atoms. The third-order valence-corrected chi connectivity index (χ3v) is 6.02. The first-order valence-electron chi connectivity index (χ1n) is 9.29. The minimum Gasteiger partial charge on any atom is -0.354 e. The maximum atomic E-state index is 12.6. The van der Waals surface area contributed by atoms with Crippen LogP contribution in [0.15, 0.2) is 30.3 Å². The minimum absolute atomic E-state index is 0.0563. The van der Waals surface area contributed by atoms with Gasteiger partial charge in [-0.1, -0.05) is 30.3 Å². The number of nitrogens with one attached hydrogen (secondary N) is 1. The summed E-state index contributed by atoms with van der Waals surface area (Å²) >= 11 is 0. The Kier molecular flexibility index (Phi) is 4.07. The average Bonchev–Trinajstić information content (AvgIpc) is 3.51. The van der Waals surface area contributed by atoms with Gasteiger partial charge in [0.1, 0.15) is 6.04 Å². The van der Waals surface area contributed by atoms with Gasteiger partial charge in [-0.15, -0.1) is 0 Å². The summed E-state index contributed by atoms with van der Waals surface area (Å²) in [7, 11) is 0. The fourth-order valence-corrected chi connectivity index (χ4v) is 4.18. The molecular weight excluding hydrogens is 300 g/mol. The fourth-order valence-electron chi connectivity index (χ4n) is 4.18. The lowest BCUT2D eigenvalue weighted by atomic mass is 10.0. The molecule has 0 radical (unpaired) electrons. The summed E-state index contributed by atoms with van der Waals surface area (Å²) in [5, 5.41) is 3.16. The van der Waals surface area contributed by atoms with E-state index in [-0.39, 0.29) is 17.9 Å². The predicted molar refractivity (Wildman–Crippen MR) is 92.3 cm³/mol. The second kappa shape index (κ2) is 6.23. The Bertz CT molecular complexity index is 620. The van der Waals surface area contributed by atoms with E-state index < -0.39 is 0 Å². The van der Waals surface area contributed by atoms with Crippen LogP contribution in [0.2, 0.25) is 0 Å². The molecule has 1 aromatic rings. The highest BCUT2D eigenvalue weighted by molar-refractivity contribution is 5.89. The van der Waals surface area contributed by atoms with Crippen molar-refractivity contribution in [3.8, 4) is 0 Å². The van der Waals surface area contributed by atoms with E-state index in [1.165, 1.54) is 25.7 Å². The van der Waals surface area contributed by atoms with Crippen molar-refractivity contribution in [1.82, 2.24) is 10.2 Å². The van der Waals surface area contributed by atoms with Gasteiger partial charge in [0.25, 0.3) is 0 Å². The Morgan fingerprint density at radius 2 is 1.88 bits per heavy atom. The van der Waals surface area contributed by atoms with Crippen LogP contribution in [0.4, 0.5) is 0 Å². The first-order chi connectivity index (χ1) is 11.7. The van der Waals surface area contributed by atoms with Crippen LogP contribution in [0.3, 0.4) is 0 Å². The van der Waals surface area contributed by atoms with Gasteiger partial charge in [-0.2, -0.15) is 0 Å². The zero-order valence-electron chi connectivity index (χ0n) is 14.2. The Morgan fingerprint density at radius 3 is 2.54 bits per heavy atom. The van der Waals surface area contributed by atoms with E-state index in [1.807, 2.05) is 30.3 Å². The summed E-state index contributed by atoms with van der Waals surface area (Å²) in [6.07, 6.45) is 7.30. The molecule has 0 bridgehead atoms. The molecule has 4 rings (SSSR count). The number of likely N-dealkylation sites (tertiary alicyclic amines) is 1. The largest absolute Gasteiger partial charge is 0.354 e. The van der Waals surface area contributed by atoms with Crippen molar-refractivity contribution in [2.24, 2.45) is 11.3 Å². The maximum Gasteiger partial charge on any atom is 0.242 e. The van der Waals surface area contributed by atoms with Gasteiger partial charge < -0.3 is 10.2 Å². The van der Waals surface area contributed by atoms with E-state index >= 15 is 0 Å². The zero-order valence-corrected chi connectivity index (χ0v) is 14.2. The minimum atomic E-state index is -0.267. The van der Waals surface area contributed by atoms with Gasteiger partial charge in [0, 0.05) is 13.1 Å². The van der Waals surface area contributed by atoms with Crippen molar-refractivity contribution in [3.05, 3.63) is 35.9 Å². The van der Waals surface area contributed by atoms with Gasteiger partial charge in [-0.05, 0) is 55.4 Å². The maximum absolute atomic E-state index is 12.6. The van der Waals surface area contributed by atoms with E-state index in [0.717, 1.165) is 30.9 Å². The Morgan fingerprint density at radius 1 is 1.12 bits per heavy atom. The van der Waals surface area contributed by atoms with E-state index in [2.05, 4.69) is 5.32 Å². The molecule has 1 aliphatic heterocycles. The normalized spacial score (nSPS) is 24.7. The number of benzene rings is 1. The van der Waals surface area contributed by atoms with Crippen LogP contribution in [0.1, 0.15) is 44.1 Å².